The molecular weight excluding hydrogens is 186 g/mol. The molecular formula is C10H22ClNO. The predicted molar refractivity (Wildman–Crippen MR) is 58.5 cm³/mol. The molecule has 80 valence electrons. The first-order valence-electron chi connectivity index (χ1n) is 5.07. The summed E-state index contributed by atoms with van der Waals surface area (Å²) in [6.45, 7) is 5.28. The van der Waals surface area contributed by atoms with Gasteiger partial charge in [0.05, 0.1) is 0 Å². The van der Waals surface area contributed by atoms with Crippen LogP contribution in [0.2, 0.25) is 0 Å². The number of hydrogen-bond donors (Lipinski definition) is 1. The molecule has 1 N–H and O–H groups in total. The van der Waals surface area contributed by atoms with Crippen molar-refractivity contribution in [2.75, 3.05) is 32.7 Å². The minimum absolute atomic E-state index is 0.694. The number of methoxy groups -OCH3 is 1. The number of rotatable bonds is 9. The lowest BCUT2D eigenvalue weighted by molar-refractivity contribution is 0.192. The van der Waals surface area contributed by atoms with E-state index in [2.05, 4.69) is 12.2 Å². The fourth-order valence-corrected chi connectivity index (χ4v) is 1.51. The molecule has 0 aliphatic rings. The summed E-state index contributed by atoms with van der Waals surface area (Å²) in [7, 11) is 1.75. The monoisotopic (exact) mass is 207 g/mol. The van der Waals surface area contributed by atoms with E-state index >= 15 is 0 Å². The maximum Gasteiger partial charge on any atom is 0.0462 e. The van der Waals surface area contributed by atoms with E-state index in [1.54, 1.807) is 7.11 Å². The van der Waals surface area contributed by atoms with Crippen molar-refractivity contribution < 1.29 is 4.74 Å². The van der Waals surface area contributed by atoms with Crippen molar-refractivity contribution in [1.82, 2.24) is 5.32 Å². The first-order chi connectivity index (χ1) is 6.31. The maximum absolute atomic E-state index is 5.63. The zero-order valence-corrected chi connectivity index (χ0v) is 9.57. The van der Waals surface area contributed by atoms with E-state index in [1.165, 1.54) is 6.42 Å². The SMILES string of the molecule is COCCCCNCC(C)CCCl. The zero-order chi connectivity index (χ0) is 9.94. The molecule has 0 saturated carbocycles. The highest BCUT2D eigenvalue weighted by atomic mass is 35.5. The van der Waals surface area contributed by atoms with Gasteiger partial charge in [-0.2, -0.15) is 0 Å². The van der Waals surface area contributed by atoms with Gasteiger partial charge in [0.15, 0.2) is 0 Å². The van der Waals surface area contributed by atoms with Gasteiger partial charge in [-0.25, -0.2) is 0 Å². The molecule has 13 heavy (non-hydrogen) atoms. The van der Waals surface area contributed by atoms with Gasteiger partial charge in [0.1, 0.15) is 0 Å². The maximum atomic E-state index is 5.63. The van der Waals surface area contributed by atoms with Crippen LogP contribution in [0.4, 0.5) is 0 Å². The molecule has 0 fully saturated rings. The van der Waals surface area contributed by atoms with Crippen molar-refractivity contribution in [3.8, 4) is 0 Å². The van der Waals surface area contributed by atoms with Crippen molar-refractivity contribution in [3.63, 3.8) is 0 Å². The summed E-state index contributed by atoms with van der Waals surface area (Å²) in [5, 5.41) is 3.41. The molecule has 2 nitrogen and oxygen atoms in total. The Kier molecular flexibility index (Phi) is 10.5. The lowest BCUT2D eigenvalue weighted by Gasteiger charge is -2.10. The van der Waals surface area contributed by atoms with Crippen molar-refractivity contribution in [1.29, 1.82) is 0 Å². The largest absolute Gasteiger partial charge is 0.385 e. The normalized spacial score (nSPS) is 13.2. The number of nitrogens with one attached hydrogen (secondary N) is 1. The number of ether oxygens (including phenoxy) is 1. The first-order valence-corrected chi connectivity index (χ1v) is 5.60. The van der Waals surface area contributed by atoms with Gasteiger partial charge in [0.2, 0.25) is 0 Å². The fraction of sp³-hybridized carbons (Fsp3) is 1.00. The second kappa shape index (κ2) is 10.3. The van der Waals surface area contributed by atoms with Gasteiger partial charge in [-0.15, -0.1) is 11.6 Å². The van der Waals surface area contributed by atoms with Crippen molar-refractivity contribution >= 4 is 11.6 Å². The van der Waals surface area contributed by atoms with Gasteiger partial charge in [0.25, 0.3) is 0 Å². The van der Waals surface area contributed by atoms with E-state index in [0.717, 1.165) is 38.4 Å². The molecule has 1 unspecified atom stereocenters. The predicted octanol–water partition coefficient (Wildman–Crippen LogP) is 2.27. The molecule has 0 radical (unpaired) electrons. The summed E-state index contributed by atoms with van der Waals surface area (Å²) in [6.07, 6.45) is 3.45. The summed E-state index contributed by atoms with van der Waals surface area (Å²) in [4.78, 5) is 0. The van der Waals surface area contributed by atoms with Gasteiger partial charge in [-0.05, 0) is 38.3 Å². The van der Waals surface area contributed by atoms with E-state index in [9.17, 15) is 0 Å². The summed E-state index contributed by atoms with van der Waals surface area (Å²) in [5.41, 5.74) is 0. The summed E-state index contributed by atoms with van der Waals surface area (Å²) in [5.74, 6) is 1.46. The highest BCUT2D eigenvalue weighted by Crippen LogP contribution is 2.00. The third-order valence-electron chi connectivity index (χ3n) is 2.05. The molecule has 3 heteroatoms. The van der Waals surface area contributed by atoms with Crippen molar-refractivity contribution in [2.24, 2.45) is 5.92 Å². The molecule has 0 spiro atoms. The Balaban J connectivity index is 2.97. The van der Waals surface area contributed by atoms with Gasteiger partial charge in [-0.3, -0.25) is 0 Å². The minimum Gasteiger partial charge on any atom is -0.385 e. The van der Waals surface area contributed by atoms with Crippen molar-refractivity contribution in [3.05, 3.63) is 0 Å². The van der Waals surface area contributed by atoms with Crippen LogP contribution in [0, 0.1) is 5.92 Å². The van der Waals surface area contributed by atoms with Crippen LogP contribution < -0.4 is 5.32 Å². The third-order valence-corrected chi connectivity index (χ3v) is 2.26. The number of halogens is 1. The average molecular weight is 208 g/mol. The Bertz CT molecular complexity index is 101. The molecule has 0 saturated heterocycles. The Morgan fingerprint density at radius 2 is 2.15 bits per heavy atom. The molecule has 0 amide bonds. The fourth-order valence-electron chi connectivity index (χ4n) is 1.13. The standard InChI is InChI=1S/C10H22ClNO/c1-10(5-6-11)9-12-7-3-4-8-13-2/h10,12H,3-9H2,1-2H3. The van der Waals surface area contributed by atoms with Crippen LogP contribution in [-0.4, -0.2) is 32.7 Å². The van der Waals surface area contributed by atoms with E-state index in [4.69, 9.17) is 16.3 Å². The summed E-state index contributed by atoms with van der Waals surface area (Å²) in [6, 6.07) is 0. The quantitative estimate of drug-likeness (QED) is 0.463. The lowest BCUT2D eigenvalue weighted by atomic mass is 10.1. The number of unbranched alkanes of at least 4 members (excludes halogenated alkanes) is 1. The summed E-state index contributed by atoms with van der Waals surface area (Å²) >= 11 is 5.63. The van der Waals surface area contributed by atoms with E-state index in [0.29, 0.717) is 5.92 Å². The Labute approximate surface area is 87.0 Å². The number of alkyl halides is 1. The van der Waals surface area contributed by atoms with Gasteiger partial charge >= 0.3 is 0 Å². The van der Waals surface area contributed by atoms with Crippen LogP contribution >= 0.6 is 11.6 Å². The summed E-state index contributed by atoms with van der Waals surface area (Å²) < 4.78 is 4.96. The lowest BCUT2D eigenvalue weighted by Crippen LogP contribution is -2.22. The first kappa shape index (κ1) is 13.2. The molecule has 0 aromatic heterocycles. The smallest absolute Gasteiger partial charge is 0.0462 e. The average Bonchev–Trinajstić information content (AvgIpc) is 2.11. The van der Waals surface area contributed by atoms with E-state index in [1.807, 2.05) is 0 Å². The van der Waals surface area contributed by atoms with E-state index < -0.39 is 0 Å². The zero-order valence-electron chi connectivity index (χ0n) is 8.81. The van der Waals surface area contributed by atoms with Crippen LogP contribution in [0.1, 0.15) is 26.2 Å². The van der Waals surface area contributed by atoms with Crippen LogP contribution in [0.3, 0.4) is 0 Å². The van der Waals surface area contributed by atoms with Gasteiger partial charge in [0, 0.05) is 19.6 Å². The number of hydrogen-bond acceptors (Lipinski definition) is 2. The van der Waals surface area contributed by atoms with Gasteiger partial charge in [-0.1, -0.05) is 6.92 Å². The van der Waals surface area contributed by atoms with Crippen LogP contribution in [-0.2, 0) is 4.74 Å². The molecule has 0 aromatic carbocycles. The molecule has 0 heterocycles. The Hall–Kier alpha value is 0.210. The molecule has 0 rings (SSSR count). The molecule has 0 aromatic rings. The molecule has 0 bridgehead atoms. The second-order valence-corrected chi connectivity index (χ2v) is 3.86. The Morgan fingerprint density at radius 3 is 2.77 bits per heavy atom. The van der Waals surface area contributed by atoms with E-state index in [-0.39, 0.29) is 0 Å². The molecule has 1 atom stereocenters. The topological polar surface area (TPSA) is 21.3 Å². The third kappa shape index (κ3) is 10.1. The van der Waals surface area contributed by atoms with Crippen LogP contribution in [0.5, 0.6) is 0 Å². The van der Waals surface area contributed by atoms with Gasteiger partial charge < -0.3 is 10.1 Å². The highest BCUT2D eigenvalue weighted by molar-refractivity contribution is 6.17. The van der Waals surface area contributed by atoms with Crippen molar-refractivity contribution in [2.45, 2.75) is 26.2 Å². The highest BCUT2D eigenvalue weighted by Gasteiger charge is 1.99. The molecule has 0 aliphatic carbocycles. The minimum atomic E-state index is 0.694. The second-order valence-electron chi connectivity index (χ2n) is 3.49. The Morgan fingerprint density at radius 1 is 1.38 bits per heavy atom. The van der Waals surface area contributed by atoms with Crippen LogP contribution in [0.25, 0.3) is 0 Å². The molecule has 0 aliphatic heterocycles. The van der Waals surface area contributed by atoms with Crippen LogP contribution in [0.15, 0.2) is 0 Å².